The van der Waals surface area contributed by atoms with Gasteiger partial charge in [-0.2, -0.15) is 4.39 Å². The van der Waals surface area contributed by atoms with Crippen LogP contribution in [0, 0.1) is 0 Å². The summed E-state index contributed by atoms with van der Waals surface area (Å²) < 4.78 is 36.9. The lowest BCUT2D eigenvalue weighted by atomic mass is 10.2. The molecule has 0 spiro atoms. The molecule has 2 nitrogen and oxygen atoms in total. The maximum absolute atomic E-state index is 12.7. The molecule has 0 aromatic heterocycles. The number of halogens is 3. The third kappa shape index (κ3) is 1.49. The fourth-order valence-electron chi connectivity index (χ4n) is 0.998. The maximum atomic E-state index is 12.7. The molecule has 1 heterocycles. The molecule has 0 aromatic carbocycles. The Labute approximate surface area is 63.6 Å². The molecule has 11 heavy (non-hydrogen) atoms. The Kier molecular flexibility index (Phi) is 2.39. The van der Waals surface area contributed by atoms with E-state index in [1.807, 2.05) is 6.92 Å². The Hall–Kier alpha value is -0.290. The van der Waals surface area contributed by atoms with Crippen LogP contribution in [0.5, 0.6) is 0 Å². The molecular weight excluding hydrogens is 157 g/mol. The molecule has 3 atom stereocenters. The second-order valence-corrected chi connectivity index (χ2v) is 2.76. The Morgan fingerprint density at radius 2 is 2.00 bits per heavy atom. The number of nitrogens with zero attached hydrogens (tertiary/aromatic N) is 2. The molecule has 1 fully saturated rings. The lowest BCUT2D eigenvalue weighted by Crippen LogP contribution is -2.20. The van der Waals surface area contributed by atoms with Crippen LogP contribution in [0.25, 0.3) is 0 Å². The van der Waals surface area contributed by atoms with E-state index in [-0.39, 0.29) is 6.54 Å². The predicted octanol–water partition coefficient (Wildman–Crippen LogP) is 2.25. The van der Waals surface area contributed by atoms with E-state index in [0.717, 1.165) is 12.8 Å². The van der Waals surface area contributed by atoms with Gasteiger partial charge in [0, 0.05) is 15.7 Å². The first-order valence-electron chi connectivity index (χ1n) is 3.80. The third-order valence-electron chi connectivity index (χ3n) is 1.84. The van der Waals surface area contributed by atoms with Crippen molar-refractivity contribution in [2.24, 2.45) is 0 Å². The summed E-state index contributed by atoms with van der Waals surface area (Å²) in [6.07, 6.45) is 0.175. The lowest BCUT2D eigenvalue weighted by Gasteiger charge is -1.98. The van der Waals surface area contributed by atoms with Gasteiger partial charge in [-0.1, -0.05) is 17.8 Å². The van der Waals surface area contributed by atoms with Crippen molar-refractivity contribution in [1.82, 2.24) is 5.23 Å². The SMILES string of the molecule is CCCCC[N+]1(F)C(F)N1F. The van der Waals surface area contributed by atoms with E-state index in [4.69, 9.17) is 0 Å². The van der Waals surface area contributed by atoms with E-state index in [9.17, 15) is 13.4 Å². The third-order valence-corrected chi connectivity index (χ3v) is 1.84. The van der Waals surface area contributed by atoms with Crippen LogP contribution in [-0.2, 0) is 0 Å². The molecule has 0 saturated carbocycles. The van der Waals surface area contributed by atoms with Crippen LogP contribution in [-0.4, -0.2) is 23.0 Å². The average Bonchev–Trinajstić information content (AvgIpc) is 2.43. The highest BCUT2D eigenvalue weighted by atomic mass is 19.3. The largest absolute Gasteiger partial charge is 0.423 e. The summed E-state index contributed by atoms with van der Waals surface area (Å²) in [5, 5.41) is -0.421. The zero-order valence-electron chi connectivity index (χ0n) is 6.43. The molecule has 0 radical (unpaired) electrons. The summed E-state index contributed by atoms with van der Waals surface area (Å²) in [4.78, 5) is -1.67. The highest BCUT2D eigenvalue weighted by Gasteiger charge is 2.73. The van der Waals surface area contributed by atoms with Crippen molar-refractivity contribution in [3.05, 3.63) is 0 Å². The number of rotatable bonds is 4. The van der Waals surface area contributed by atoms with Crippen molar-refractivity contribution >= 4 is 0 Å². The minimum atomic E-state index is -2.08. The fourth-order valence-corrected chi connectivity index (χ4v) is 0.998. The predicted molar refractivity (Wildman–Crippen MR) is 33.6 cm³/mol. The second kappa shape index (κ2) is 2.98. The van der Waals surface area contributed by atoms with Crippen molar-refractivity contribution in [3.63, 3.8) is 0 Å². The Morgan fingerprint density at radius 1 is 1.45 bits per heavy atom. The number of quaternary nitrogens is 1. The standard InChI is InChI=1S/C6H12F3N2/c1-2-3-4-5-11(9)6(7)10(11)8/h6H,2-5H2,1H3/q+1. The highest BCUT2D eigenvalue weighted by molar-refractivity contribution is 4.44. The lowest BCUT2D eigenvalue weighted by molar-refractivity contribution is -1.03. The van der Waals surface area contributed by atoms with Gasteiger partial charge in [0.25, 0.3) is 0 Å². The zero-order chi connectivity index (χ0) is 8.48. The first kappa shape index (κ1) is 8.80. The van der Waals surface area contributed by atoms with E-state index >= 15 is 0 Å². The van der Waals surface area contributed by atoms with Crippen molar-refractivity contribution in [2.45, 2.75) is 32.6 Å². The molecule has 0 N–H and O–H groups in total. The Morgan fingerprint density at radius 3 is 2.36 bits per heavy atom. The van der Waals surface area contributed by atoms with Gasteiger partial charge < -0.3 is 0 Å². The smallest absolute Gasteiger partial charge is 0.155 e. The molecule has 0 bridgehead atoms. The quantitative estimate of drug-likeness (QED) is 0.270. The van der Waals surface area contributed by atoms with Gasteiger partial charge in [0.15, 0.2) is 5.23 Å². The van der Waals surface area contributed by atoms with E-state index in [1.54, 1.807) is 0 Å². The Bertz CT molecular complexity index is 134. The summed E-state index contributed by atoms with van der Waals surface area (Å²) in [7, 11) is 0. The molecular formula is C6H12F3N2+. The summed E-state index contributed by atoms with van der Waals surface area (Å²) >= 11 is 0. The van der Waals surface area contributed by atoms with Crippen molar-refractivity contribution in [1.29, 1.82) is 0 Å². The summed E-state index contributed by atoms with van der Waals surface area (Å²) in [6.45, 7) is 1.86. The maximum Gasteiger partial charge on any atom is 0.423 e. The zero-order valence-corrected chi connectivity index (χ0v) is 6.43. The topological polar surface area (TPSA) is 3.01 Å². The minimum Gasteiger partial charge on any atom is -0.155 e. The normalized spacial score (nSPS) is 42.5. The average molecular weight is 169 g/mol. The van der Waals surface area contributed by atoms with Crippen LogP contribution in [0.2, 0.25) is 0 Å². The van der Waals surface area contributed by atoms with Gasteiger partial charge in [0.05, 0.1) is 0 Å². The van der Waals surface area contributed by atoms with Gasteiger partial charge >= 0.3 is 6.42 Å². The van der Waals surface area contributed by atoms with Gasteiger partial charge in [0.2, 0.25) is 0 Å². The molecule has 1 saturated heterocycles. The van der Waals surface area contributed by atoms with Gasteiger partial charge in [-0.3, -0.25) is 0 Å². The molecule has 0 aromatic rings. The van der Waals surface area contributed by atoms with Gasteiger partial charge in [-0.25, -0.2) is 0 Å². The first-order valence-corrected chi connectivity index (χ1v) is 3.80. The minimum absolute atomic E-state index is 0.0918. The molecule has 3 unspecified atom stereocenters. The first-order chi connectivity index (χ1) is 5.13. The monoisotopic (exact) mass is 169 g/mol. The number of alkyl halides is 1. The molecule has 0 amide bonds. The summed E-state index contributed by atoms with van der Waals surface area (Å²) in [5.74, 6) is 0. The van der Waals surface area contributed by atoms with Gasteiger partial charge in [0.1, 0.15) is 6.54 Å². The van der Waals surface area contributed by atoms with Gasteiger partial charge in [-0.15, -0.1) is 0 Å². The number of hydrogen-bond donors (Lipinski definition) is 0. The van der Waals surface area contributed by atoms with Crippen LogP contribution in [0.3, 0.4) is 0 Å². The number of hydrogen-bond acceptors (Lipinski definition) is 1. The summed E-state index contributed by atoms with van der Waals surface area (Å²) in [6, 6.07) is 0. The van der Waals surface area contributed by atoms with Crippen LogP contribution < -0.4 is 0 Å². The molecule has 1 aliphatic rings. The molecule has 1 aliphatic heterocycles. The van der Waals surface area contributed by atoms with Crippen LogP contribution in [0.1, 0.15) is 26.2 Å². The summed E-state index contributed by atoms with van der Waals surface area (Å²) in [5.41, 5.74) is 0. The number of unbranched alkanes of at least 4 members (excludes halogenated alkanes) is 2. The van der Waals surface area contributed by atoms with E-state index < -0.39 is 16.5 Å². The van der Waals surface area contributed by atoms with Crippen LogP contribution in [0.4, 0.5) is 13.4 Å². The van der Waals surface area contributed by atoms with Crippen LogP contribution in [0.15, 0.2) is 0 Å². The van der Waals surface area contributed by atoms with E-state index in [1.165, 1.54) is 0 Å². The molecule has 66 valence electrons. The van der Waals surface area contributed by atoms with Crippen molar-refractivity contribution in [2.75, 3.05) is 6.54 Å². The second-order valence-electron chi connectivity index (χ2n) is 2.76. The molecule has 1 rings (SSSR count). The van der Waals surface area contributed by atoms with E-state index in [2.05, 4.69) is 0 Å². The van der Waals surface area contributed by atoms with Crippen molar-refractivity contribution < 1.29 is 18.2 Å². The molecule has 5 heteroatoms. The van der Waals surface area contributed by atoms with E-state index in [0.29, 0.717) is 6.42 Å². The van der Waals surface area contributed by atoms with Crippen LogP contribution >= 0.6 is 0 Å². The van der Waals surface area contributed by atoms with Gasteiger partial charge in [-0.05, 0) is 6.42 Å². The van der Waals surface area contributed by atoms with Crippen molar-refractivity contribution in [3.8, 4) is 0 Å². The fraction of sp³-hybridized carbons (Fsp3) is 1.00. The highest BCUT2D eigenvalue weighted by Crippen LogP contribution is 2.40. The molecule has 0 aliphatic carbocycles. The Balaban J connectivity index is 2.17.